The molecule has 0 saturated carbocycles. The molecule has 8 heteroatoms. The predicted molar refractivity (Wildman–Crippen MR) is 94.3 cm³/mol. The molecule has 0 unspecified atom stereocenters. The SMILES string of the molecule is CC(C)N(CC(=O)O)CC(=O)Nc1ncc(Cc2ccc(F)cc2)s1. The molecular formula is C17H20FN3O3S. The van der Waals surface area contributed by atoms with E-state index in [-0.39, 0.29) is 30.9 Å². The summed E-state index contributed by atoms with van der Waals surface area (Å²) in [5, 5.41) is 12.0. The Balaban J connectivity index is 1.92. The molecule has 1 aromatic heterocycles. The summed E-state index contributed by atoms with van der Waals surface area (Å²) in [6.07, 6.45) is 2.27. The molecule has 1 amide bonds. The summed E-state index contributed by atoms with van der Waals surface area (Å²) in [6.45, 7) is 3.45. The molecule has 1 heterocycles. The minimum Gasteiger partial charge on any atom is -0.480 e. The van der Waals surface area contributed by atoms with E-state index in [0.717, 1.165) is 10.4 Å². The maximum absolute atomic E-state index is 12.9. The Morgan fingerprint density at radius 1 is 1.28 bits per heavy atom. The molecule has 1 aromatic carbocycles. The number of amides is 1. The van der Waals surface area contributed by atoms with Crippen molar-refractivity contribution in [1.82, 2.24) is 9.88 Å². The van der Waals surface area contributed by atoms with Crippen molar-refractivity contribution in [2.45, 2.75) is 26.3 Å². The molecule has 0 saturated heterocycles. The van der Waals surface area contributed by atoms with Gasteiger partial charge >= 0.3 is 5.97 Å². The van der Waals surface area contributed by atoms with Gasteiger partial charge in [-0.3, -0.25) is 14.5 Å². The van der Waals surface area contributed by atoms with E-state index < -0.39 is 5.97 Å². The molecule has 0 spiro atoms. The van der Waals surface area contributed by atoms with Crippen molar-refractivity contribution in [3.63, 3.8) is 0 Å². The highest BCUT2D eigenvalue weighted by molar-refractivity contribution is 7.15. The fourth-order valence-electron chi connectivity index (χ4n) is 2.19. The third kappa shape index (κ3) is 6.24. The highest BCUT2D eigenvalue weighted by Crippen LogP contribution is 2.21. The zero-order chi connectivity index (χ0) is 18.4. The molecule has 2 N–H and O–H groups in total. The van der Waals surface area contributed by atoms with Crippen molar-refractivity contribution in [2.75, 3.05) is 18.4 Å². The number of benzene rings is 1. The fraction of sp³-hybridized carbons (Fsp3) is 0.353. The molecule has 0 aliphatic rings. The van der Waals surface area contributed by atoms with Gasteiger partial charge in [0.05, 0.1) is 13.1 Å². The maximum Gasteiger partial charge on any atom is 0.317 e. The van der Waals surface area contributed by atoms with Gasteiger partial charge in [0.25, 0.3) is 0 Å². The van der Waals surface area contributed by atoms with Crippen LogP contribution in [0, 0.1) is 5.82 Å². The van der Waals surface area contributed by atoms with Gasteiger partial charge in [0.1, 0.15) is 5.82 Å². The third-order valence-electron chi connectivity index (χ3n) is 3.51. The van der Waals surface area contributed by atoms with E-state index in [0.29, 0.717) is 11.6 Å². The Kier molecular flexibility index (Phi) is 6.60. The van der Waals surface area contributed by atoms with Gasteiger partial charge in [0.15, 0.2) is 5.13 Å². The van der Waals surface area contributed by atoms with E-state index in [1.165, 1.54) is 23.5 Å². The van der Waals surface area contributed by atoms with E-state index in [1.807, 2.05) is 13.8 Å². The molecule has 2 aromatic rings. The van der Waals surface area contributed by atoms with E-state index in [2.05, 4.69) is 10.3 Å². The van der Waals surface area contributed by atoms with E-state index >= 15 is 0 Å². The van der Waals surface area contributed by atoms with Crippen LogP contribution in [-0.4, -0.2) is 46.0 Å². The number of halogens is 1. The van der Waals surface area contributed by atoms with Crippen molar-refractivity contribution in [3.8, 4) is 0 Å². The van der Waals surface area contributed by atoms with Crippen molar-refractivity contribution >= 4 is 28.3 Å². The molecule has 0 radical (unpaired) electrons. The summed E-state index contributed by atoms with van der Waals surface area (Å²) in [4.78, 5) is 29.6. The van der Waals surface area contributed by atoms with Crippen LogP contribution >= 0.6 is 11.3 Å². The smallest absolute Gasteiger partial charge is 0.317 e. The number of nitrogens with zero attached hydrogens (tertiary/aromatic N) is 2. The van der Waals surface area contributed by atoms with Crippen LogP contribution in [0.4, 0.5) is 9.52 Å². The summed E-state index contributed by atoms with van der Waals surface area (Å²) < 4.78 is 12.9. The lowest BCUT2D eigenvalue weighted by Crippen LogP contribution is -2.41. The normalized spacial score (nSPS) is 11.1. The summed E-state index contributed by atoms with van der Waals surface area (Å²) in [5.74, 6) is -1.56. The Morgan fingerprint density at radius 2 is 1.96 bits per heavy atom. The number of hydrogen-bond donors (Lipinski definition) is 2. The summed E-state index contributed by atoms with van der Waals surface area (Å²) in [7, 11) is 0. The van der Waals surface area contributed by atoms with Gasteiger partial charge in [-0.1, -0.05) is 12.1 Å². The lowest BCUT2D eigenvalue weighted by molar-refractivity contribution is -0.139. The molecule has 0 aliphatic heterocycles. The number of carbonyl (C=O) groups excluding carboxylic acids is 1. The quantitative estimate of drug-likeness (QED) is 0.751. The molecule has 2 rings (SSSR count). The number of aliphatic carboxylic acids is 1. The summed E-state index contributed by atoms with van der Waals surface area (Å²) in [6, 6.07) is 6.16. The Labute approximate surface area is 149 Å². The average Bonchev–Trinajstić information content (AvgIpc) is 2.95. The first-order valence-electron chi connectivity index (χ1n) is 7.78. The first kappa shape index (κ1) is 19.0. The number of carboxylic acids is 1. The molecular weight excluding hydrogens is 345 g/mol. The van der Waals surface area contributed by atoms with Gasteiger partial charge in [0, 0.05) is 23.5 Å². The zero-order valence-corrected chi connectivity index (χ0v) is 14.8. The van der Waals surface area contributed by atoms with Gasteiger partial charge in [-0.05, 0) is 31.5 Å². The van der Waals surface area contributed by atoms with Crippen LogP contribution in [0.25, 0.3) is 0 Å². The number of thiazole rings is 1. The second-order valence-electron chi connectivity index (χ2n) is 5.88. The lowest BCUT2D eigenvalue weighted by atomic mass is 10.1. The van der Waals surface area contributed by atoms with Crippen LogP contribution in [0.3, 0.4) is 0 Å². The molecule has 134 valence electrons. The molecule has 6 nitrogen and oxygen atoms in total. The van der Waals surface area contributed by atoms with Gasteiger partial charge in [-0.15, -0.1) is 11.3 Å². The zero-order valence-electron chi connectivity index (χ0n) is 14.0. The van der Waals surface area contributed by atoms with E-state index in [4.69, 9.17) is 5.11 Å². The maximum atomic E-state index is 12.9. The number of carbonyl (C=O) groups is 2. The Hall–Kier alpha value is -2.32. The molecule has 0 aliphatic carbocycles. The van der Waals surface area contributed by atoms with Gasteiger partial charge in [-0.25, -0.2) is 9.37 Å². The number of anilines is 1. The minimum atomic E-state index is -0.975. The van der Waals surface area contributed by atoms with Gasteiger partial charge in [0.2, 0.25) is 5.91 Å². The number of aromatic nitrogens is 1. The van der Waals surface area contributed by atoms with Crippen LogP contribution in [-0.2, 0) is 16.0 Å². The molecule has 25 heavy (non-hydrogen) atoms. The first-order chi connectivity index (χ1) is 11.8. The van der Waals surface area contributed by atoms with Crippen LogP contribution in [0.5, 0.6) is 0 Å². The predicted octanol–water partition coefficient (Wildman–Crippen LogP) is 2.61. The second-order valence-corrected chi connectivity index (χ2v) is 6.99. The largest absolute Gasteiger partial charge is 0.480 e. The third-order valence-corrected chi connectivity index (χ3v) is 4.42. The van der Waals surface area contributed by atoms with Crippen LogP contribution < -0.4 is 5.32 Å². The summed E-state index contributed by atoms with van der Waals surface area (Å²) in [5.41, 5.74) is 0.954. The molecule has 0 bridgehead atoms. The van der Waals surface area contributed by atoms with E-state index in [1.54, 1.807) is 23.2 Å². The average molecular weight is 365 g/mol. The topological polar surface area (TPSA) is 82.5 Å². The van der Waals surface area contributed by atoms with Crippen LogP contribution in [0.2, 0.25) is 0 Å². The van der Waals surface area contributed by atoms with Crippen molar-refractivity contribution in [1.29, 1.82) is 0 Å². The number of hydrogen-bond acceptors (Lipinski definition) is 5. The second kappa shape index (κ2) is 8.68. The standard InChI is InChI=1S/C17H20FN3O3S/c1-11(2)21(10-16(23)24)9-15(22)20-17-19-8-14(25-17)7-12-3-5-13(18)6-4-12/h3-6,8,11H,7,9-10H2,1-2H3,(H,23,24)(H,19,20,22). The van der Waals surface area contributed by atoms with Gasteiger partial charge < -0.3 is 10.4 Å². The number of nitrogens with one attached hydrogen (secondary N) is 1. The van der Waals surface area contributed by atoms with Gasteiger partial charge in [-0.2, -0.15) is 0 Å². The molecule has 0 fully saturated rings. The number of rotatable bonds is 8. The summed E-state index contributed by atoms with van der Waals surface area (Å²) >= 11 is 1.34. The lowest BCUT2D eigenvalue weighted by Gasteiger charge is -2.23. The van der Waals surface area contributed by atoms with Crippen LogP contribution in [0.1, 0.15) is 24.3 Å². The van der Waals surface area contributed by atoms with E-state index in [9.17, 15) is 14.0 Å². The Morgan fingerprint density at radius 3 is 2.56 bits per heavy atom. The monoisotopic (exact) mass is 365 g/mol. The number of carboxylic acid groups (broad SMARTS) is 1. The Bertz CT molecular complexity index is 731. The van der Waals surface area contributed by atoms with Crippen molar-refractivity contribution in [2.24, 2.45) is 0 Å². The first-order valence-corrected chi connectivity index (χ1v) is 8.60. The van der Waals surface area contributed by atoms with Crippen molar-refractivity contribution < 1.29 is 19.1 Å². The highest BCUT2D eigenvalue weighted by Gasteiger charge is 2.17. The van der Waals surface area contributed by atoms with Crippen molar-refractivity contribution in [3.05, 3.63) is 46.7 Å². The van der Waals surface area contributed by atoms with Crippen LogP contribution in [0.15, 0.2) is 30.5 Å². The highest BCUT2D eigenvalue weighted by atomic mass is 32.1. The fourth-order valence-corrected chi connectivity index (χ4v) is 3.05. The minimum absolute atomic E-state index is 0.0170. The molecule has 0 atom stereocenters.